The van der Waals surface area contributed by atoms with Gasteiger partial charge < -0.3 is 10.3 Å². The molecule has 0 radical (unpaired) electrons. The highest BCUT2D eigenvalue weighted by molar-refractivity contribution is 6.38. The molecule has 18 heavy (non-hydrogen) atoms. The van der Waals surface area contributed by atoms with Gasteiger partial charge in [-0.3, -0.25) is 9.59 Å². The lowest BCUT2D eigenvalue weighted by Crippen LogP contribution is -2.16. The summed E-state index contributed by atoms with van der Waals surface area (Å²) in [5.74, 6) is -0.528. The van der Waals surface area contributed by atoms with Gasteiger partial charge in [0.05, 0.1) is 0 Å². The highest BCUT2D eigenvalue weighted by Gasteiger charge is 2.13. The average Bonchev–Trinajstić information content (AvgIpc) is 2.34. The second-order valence-corrected chi connectivity index (χ2v) is 3.94. The lowest BCUT2D eigenvalue weighted by Gasteiger charge is -2.07. The molecule has 0 unspecified atom stereocenters. The van der Waals surface area contributed by atoms with Gasteiger partial charge in [-0.15, -0.1) is 0 Å². The van der Waals surface area contributed by atoms with Crippen LogP contribution in [0.3, 0.4) is 0 Å². The van der Waals surface area contributed by atoms with Crippen molar-refractivity contribution in [2.24, 2.45) is 0 Å². The van der Waals surface area contributed by atoms with E-state index < -0.39 is 5.91 Å². The Balaban J connectivity index is 2.30. The molecule has 1 amide bonds. The summed E-state index contributed by atoms with van der Waals surface area (Å²) in [6.45, 7) is 0. The van der Waals surface area contributed by atoms with Crippen LogP contribution < -0.4 is 10.9 Å². The lowest BCUT2D eigenvalue weighted by molar-refractivity contribution is 0.102. The minimum absolute atomic E-state index is 0.0215. The molecule has 0 aromatic carbocycles. The van der Waals surface area contributed by atoms with Gasteiger partial charge in [-0.1, -0.05) is 23.2 Å². The molecule has 6 nitrogen and oxygen atoms in total. The molecule has 0 aliphatic heterocycles. The molecule has 92 valence electrons. The van der Waals surface area contributed by atoms with Crippen molar-refractivity contribution in [3.63, 3.8) is 0 Å². The Morgan fingerprint density at radius 3 is 2.56 bits per heavy atom. The first-order chi connectivity index (χ1) is 8.58. The third-order valence-corrected chi connectivity index (χ3v) is 2.60. The SMILES string of the molecule is O=C(Nc1c(Cl)ncnc1Cl)c1cc[nH]c(=O)c1. The third kappa shape index (κ3) is 2.66. The van der Waals surface area contributed by atoms with Gasteiger partial charge >= 0.3 is 0 Å². The summed E-state index contributed by atoms with van der Waals surface area (Å²) in [7, 11) is 0. The average molecular weight is 285 g/mol. The van der Waals surface area contributed by atoms with E-state index in [4.69, 9.17) is 23.2 Å². The normalized spacial score (nSPS) is 10.1. The van der Waals surface area contributed by atoms with Crippen LogP contribution in [0.1, 0.15) is 10.4 Å². The Labute approximate surface area is 111 Å². The Morgan fingerprint density at radius 2 is 1.94 bits per heavy atom. The van der Waals surface area contributed by atoms with E-state index in [0.717, 1.165) is 6.07 Å². The van der Waals surface area contributed by atoms with Gasteiger partial charge in [-0.05, 0) is 6.07 Å². The van der Waals surface area contributed by atoms with Crippen LogP contribution >= 0.6 is 23.2 Å². The van der Waals surface area contributed by atoms with Crippen molar-refractivity contribution in [3.8, 4) is 0 Å². The maximum atomic E-state index is 11.8. The monoisotopic (exact) mass is 284 g/mol. The topological polar surface area (TPSA) is 87.7 Å². The standard InChI is InChI=1S/C10H6Cl2N4O2/c11-8-7(9(12)15-4-14-8)16-10(18)5-1-2-13-6(17)3-5/h1-4H,(H,13,17)(H,16,18). The Hall–Kier alpha value is -1.92. The first-order valence-corrected chi connectivity index (χ1v) is 5.49. The number of pyridine rings is 1. The fourth-order valence-corrected chi connectivity index (χ4v) is 1.63. The molecule has 2 heterocycles. The number of amides is 1. The predicted octanol–water partition coefficient (Wildman–Crippen LogP) is 1.72. The zero-order chi connectivity index (χ0) is 13.1. The minimum Gasteiger partial charge on any atom is -0.329 e. The van der Waals surface area contributed by atoms with Crippen molar-refractivity contribution < 1.29 is 4.79 Å². The molecule has 2 aromatic heterocycles. The van der Waals surface area contributed by atoms with E-state index in [1.807, 2.05) is 0 Å². The van der Waals surface area contributed by atoms with Gasteiger partial charge in [0.15, 0.2) is 10.3 Å². The van der Waals surface area contributed by atoms with E-state index >= 15 is 0 Å². The summed E-state index contributed by atoms with van der Waals surface area (Å²) in [4.78, 5) is 32.7. The number of hydrogen-bond donors (Lipinski definition) is 2. The molecule has 2 rings (SSSR count). The van der Waals surface area contributed by atoms with Crippen LogP contribution in [-0.2, 0) is 0 Å². The molecular weight excluding hydrogens is 279 g/mol. The van der Waals surface area contributed by atoms with Gasteiger partial charge in [0.25, 0.3) is 5.91 Å². The number of carbonyl (C=O) groups is 1. The van der Waals surface area contributed by atoms with Crippen LogP contribution in [0.5, 0.6) is 0 Å². The molecule has 0 aliphatic carbocycles. The number of rotatable bonds is 2. The second-order valence-electron chi connectivity index (χ2n) is 3.23. The largest absolute Gasteiger partial charge is 0.329 e. The number of carbonyl (C=O) groups excluding carboxylic acids is 1. The molecule has 0 aliphatic rings. The number of H-pyrrole nitrogens is 1. The number of halogens is 2. The minimum atomic E-state index is -0.528. The zero-order valence-electron chi connectivity index (χ0n) is 8.78. The van der Waals surface area contributed by atoms with E-state index in [1.165, 1.54) is 18.6 Å². The summed E-state index contributed by atoms with van der Waals surface area (Å²) >= 11 is 11.5. The van der Waals surface area contributed by atoms with Crippen molar-refractivity contribution in [1.29, 1.82) is 0 Å². The van der Waals surface area contributed by atoms with Crippen molar-refractivity contribution in [3.05, 3.63) is 50.9 Å². The van der Waals surface area contributed by atoms with Crippen LogP contribution in [0.2, 0.25) is 10.3 Å². The Bertz CT molecular complexity index is 636. The van der Waals surface area contributed by atoms with Gasteiger partial charge in [-0.2, -0.15) is 0 Å². The summed E-state index contributed by atoms with van der Waals surface area (Å²) in [5, 5.41) is 2.48. The fourth-order valence-electron chi connectivity index (χ4n) is 1.22. The van der Waals surface area contributed by atoms with Crippen molar-refractivity contribution in [2.45, 2.75) is 0 Å². The highest BCUT2D eigenvalue weighted by atomic mass is 35.5. The van der Waals surface area contributed by atoms with Crippen LogP contribution in [-0.4, -0.2) is 20.9 Å². The molecule has 0 saturated carbocycles. The van der Waals surface area contributed by atoms with Crippen molar-refractivity contribution >= 4 is 34.8 Å². The molecule has 0 spiro atoms. The summed E-state index contributed by atoms with van der Waals surface area (Å²) in [5.41, 5.74) is -0.106. The molecular formula is C10H6Cl2N4O2. The van der Waals surface area contributed by atoms with Gasteiger partial charge in [0.2, 0.25) is 5.56 Å². The quantitative estimate of drug-likeness (QED) is 0.822. The second kappa shape index (κ2) is 5.16. The zero-order valence-corrected chi connectivity index (χ0v) is 10.3. The van der Waals surface area contributed by atoms with Gasteiger partial charge in [0, 0.05) is 17.8 Å². The molecule has 8 heteroatoms. The first-order valence-electron chi connectivity index (χ1n) is 4.74. The number of aromatic nitrogens is 3. The molecule has 2 aromatic rings. The number of aromatic amines is 1. The Kier molecular flexibility index (Phi) is 3.59. The van der Waals surface area contributed by atoms with Gasteiger partial charge in [0.1, 0.15) is 12.0 Å². The maximum absolute atomic E-state index is 11.8. The first kappa shape index (κ1) is 12.5. The predicted molar refractivity (Wildman–Crippen MR) is 67.1 cm³/mol. The maximum Gasteiger partial charge on any atom is 0.256 e. The van der Waals surface area contributed by atoms with E-state index in [2.05, 4.69) is 20.3 Å². The van der Waals surface area contributed by atoms with E-state index in [1.54, 1.807) is 0 Å². The van der Waals surface area contributed by atoms with E-state index in [9.17, 15) is 9.59 Å². The summed E-state index contributed by atoms with van der Waals surface area (Å²) < 4.78 is 0. The number of nitrogens with zero attached hydrogens (tertiary/aromatic N) is 2. The summed E-state index contributed by atoms with van der Waals surface area (Å²) in [6.07, 6.45) is 2.54. The van der Waals surface area contributed by atoms with Crippen LogP contribution in [0.4, 0.5) is 5.69 Å². The van der Waals surface area contributed by atoms with Crippen molar-refractivity contribution in [2.75, 3.05) is 5.32 Å². The van der Waals surface area contributed by atoms with E-state index in [0.29, 0.717) is 0 Å². The molecule has 0 bridgehead atoms. The lowest BCUT2D eigenvalue weighted by atomic mass is 10.2. The van der Waals surface area contributed by atoms with Gasteiger partial charge in [-0.25, -0.2) is 9.97 Å². The van der Waals surface area contributed by atoms with Crippen molar-refractivity contribution in [1.82, 2.24) is 15.0 Å². The van der Waals surface area contributed by atoms with Crippen LogP contribution in [0.15, 0.2) is 29.5 Å². The summed E-state index contributed by atoms with van der Waals surface area (Å²) in [6, 6.07) is 2.60. The highest BCUT2D eigenvalue weighted by Crippen LogP contribution is 2.25. The smallest absolute Gasteiger partial charge is 0.256 e. The number of anilines is 1. The molecule has 0 atom stereocenters. The fraction of sp³-hybridized carbons (Fsp3) is 0. The Morgan fingerprint density at radius 1 is 1.28 bits per heavy atom. The molecule has 0 fully saturated rings. The third-order valence-electron chi connectivity index (χ3n) is 2.03. The van der Waals surface area contributed by atoms with Crippen LogP contribution in [0.25, 0.3) is 0 Å². The number of nitrogens with one attached hydrogen (secondary N) is 2. The number of hydrogen-bond acceptors (Lipinski definition) is 4. The molecule has 2 N–H and O–H groups in total. The van der Waals surface area contributed by atoms with E-state index in [-0.39, 0.29) is 27.1 Å². The molecule has 0 saturated heterocycles. The van der Waals surface area contributed by atoms with Crippen LogP contribution in [0, 0.1) is 0 Å².